The van der Waals surface area contributed by atoms with E-state index in [-0.39, 0.29) is 23.3 Å². The lowest BCUT2D eigenvalue weighted by Crippen LogP contribution is -2.30. The fourth-order valence-electron chi connectivity index (χ4n) is 1.79. The van der Waals surface area contributed by atoms with Gasteiger partial charge in [-0.2, -0.15) is 4.31 Å². The number of amides is 1. The van der Waals surface area contributed by atoms with E-state index in [0.29, 0.717) is 18.7 Å². The smallest absolute Gasteiger partial charge is 0.276 e. The molecule has 0 saturated carbocycles. The van der Waals surface area contributed by atoms with Crippen LogP contribution in [0, 0.1) is 0 Å². The van der Waals surface area contributed by atoms with E-state index >= 15 is 0 Å². The molecule has 2 aromatic heterocycles. The van der Waals surface area contributed by atoms with Crippen LogP contribution in [0.15, 0.2) is 51.1 Å². The SMILES string of the molecule is C=CC(=O)NCCCN(C)S(=O)(=O)c1ccc(-c2ccno2)o1. The molecule has 0 aromatic carbocycles. The number of sulfonamides is 1. The van der Waals surface area contributed by atoms with Gasteiger partial charge in [0.25, 0.3) is 10.0 Å². The van der Waals surface area contributed by atoms with Crippen LogP contribution < -0.4 is 5.32 Å². The third kappa shape index (κ3) is 4.08. The zero-order valence-corrected chi connectivity index (χ0v) is 13.4. The Labute approximate surface area is 133 Å². The number of nitrogens with zero attached hydrogens (tertiary/aromatic N) is 2. The first-order valence-electron chi connectivity index (χ1n) is 6.82. The number of hydrogen-bond donors (Lipinski definition) is 1. The van der Waals surface area contributed by atoms with Gasteiger partial charge in [-0.1, -0.05) is 11.7 Å². The van der Waals surface area contributed by atoms with Gasteiger partial charge < -0.3 is 14.3 Å². The highest BCUT2D eigenvalue weighted by Crippen LogP contribution is 2.25. The Hall–Kier alpha value is -2.39. The first kappa shape index (κ1) is 17.0. The second-order valence-electron chi connectivity index (χ2n) is 4.67. The average Bonchev–Trinajstić information content (AvgIpc) is 3.21. The number of nitrogens with one attached hydrogen (secondary N) is 1. The molecule has 0 fully saturated rings. The predicted octanol–water partition coefficient (Wildman–Crippen LogP) is 1.25. The molecule has 2 aromatic rings. The monoisotopic (exact) mass is 339 g/mol. The molecule has 0 spiro atoms. The number of carbonyl (C=O) groups excluding carboxylic acids is 1. The third-order valence-electron chi connectivity index (χ3n) is 3.06. The summed E-state index contributed by atoms with van der Waals surface area (Å²) in [5.74, 6) is 0.340. The molecule has 0 aliphatic rings. The summed E-state index contributed by atoms with van der Waals surface area (Å²) >= 11 is 0. The van der Waals surface area contributed by atoms with E-state index in [9.17, 15) is 13.2 Å². The van der Waals surface area contributed by atoms with Crippen LogP contribution in [-0.2, 0) is 14.8 Å². The number of aromatic nitrogens is 1. The molecule has 0 saturated heterocycles. The molecular formula is C14H17N3O5S. The third-order valence-corrected chi connectivity index (χ3v) is 4.79. The topological polar surface area (TPSA) is 106 Å². The molecule has 0 aliphatic carbocycles. The van der Waals surface area contributed by atoms with Crippen LogP contribution in [0.4, 0.5) is 0 Å². The quantitative estimate of drug-likeness (QED) is 0.573. The molecule has 1 N–H and O–H groups in total. The molecule has 0 aliphatic heterocycles. The number of carbonyl (C=O) groups is 1. The number of furan rings is 1. The maximum Gasteiger partial charge on any atom is 0.276 e. The maximum atomic E-state index is 12.4. The van der Waals surface area contributed by atoms with Crippen molar-refractivity contribution in [2.24, 2.45) is 0 Å². The van der Waals surface area contributed by atoms with Gasteiger partial charge in [-0.25, -0.2) is 8.42 Å². The van der Waals surface area contributed by atoms with Gasteiger partial charge >= 0.3 is 0 Å². The van der Waals surface area contributed by atoms with Gasteiger partial charge in [0.05, 0.1) is 6.20 Å². The zero-order chi connectivity index (χ0) is 16.9. The molecule has 0 atom stereocenters. The Morgan fingerprint density at radius 1 is 1.39 bits per heavy atom. The number of hydrogen-bond acceptors (Lipinski definition) is 6. The van der Waals surface area contributed by atoms with E-state index in [1.54, 1.807) is 6.07 Å². The van der Waals surface area contributed by atoms with Crippen LogP contribution in [0.5, 0.6) is 0 Å². The van der Waals surface area contributed by atoms with Crippen molar-refractivity contribution in [3.05, 3.63) is 37.1 Å². The normalized spacial score (nSPS) is 11.6. The standard InChI is InChI=1S/C14H17N3O5S/c1-3-13(18)15-8-4-10-17(2)23(19,20)14-6-5-11(21-14)12-7-9-16-22-12/h3,5-7,9H,1,4,8,10H2,2H3,(H,15,18). The molecular weight excluding hydrogens is 322 g/mol. The Morgan fingerprint density at radius 3 is 2.83 bits per heavy atom. The van der Waals surface area contributed by atoms with Crippen LogP contribution >= 0.6 is 0 Å². The van der Waals surface area contributed by atoms with Crippen molar-refractivity contribution in [3.8, 4) is 11.5 Å². The highest BCUT2D eigenvalue weighted by molar-refractivity contribution is 7.89. The second kappa shape index (κ2) is 7.25. The Balaban J connectivity index is 1.97. The van der Waals surface area contributed by atoms with Crippen molar-refractivity contribution in [1.29, 1.82) is 0 Å². The molecule has 0 unspecified atom stereocenters. The van der Waals surface area contributed by atoms with Crippen molar-refractivity contribution in [3.63, 3.8) is 0 Å². The molecule has 0 bridgehead atoms. The predicted molar refractivity (Wildman–Crippen MR) is 81.8 cm³/mol. The van der Waals surface area contributed by atoms with Crippen LogP contribution in [0.25, 0.3) is 11.5 Å². The lowest BCUT2D eigenvalue weighted by atomic mass is 10.4. The molecule has 23 heavy (non-hydrogen) atoms. The molecule has 0 radical (unpaired) electrons. The van der Waals surface area contributed by atoms with Crippen LogP contribution in [-0.4, -0.2) is 43.9 Å². The van der Waals surface area contributed by atoms with E-state index < -0.39 is 10.0 Å². The fourth-order valence-corrected chi connectivity index (χ4v) is 2.91. The van der Waals surface area contributed by atoms with Gasteiger partial charge in [-0.15, -0.1) is 0 Å². The van der Waals surface area contributed by atoms with E-state index in [4.69, 9.17) is 8.94 Å². The first-order valence-corrected chi connectivity index (χ1v) is 8.26. The van der Waals surface area contributed by atoms with Gasteiger partial charge in [0.2, 0.25) is 16.8 Å². The summed E-state index contributed by atoms with van der Waals surface area (Å²) in [5, 5.41) is 5.94. The minimum atomic E-state index is -3.74. The van der Waals surface area contributed by atoms with Gasteiger partial charge in [0.1, 0.15) is 0 Å². The zero-order valence-electron chi connectivity index (χ0n) is 12.6. The minimum absolute atomic E-state index is 0.179. The minimum Gasteiger partial charge on any atom is -0.440 e. The summed E-state index contributed by atoms with van der Waals surface area (Å²) in [6, 6.07) is 4.44. The van der Waals surface area contributed by atoms with E-state index in [0.717, 1.165) is 10.4 Å². The van der Waals surface area contributed by atoms with E-state index in [2.05, 4.69) is 17.1 Å². The average molecular weight is 339 g/mol. The summed E-state index contributed by atoms with van der Waals surface area (Å²) in [4.78, 5) is 11.0. The Morgan fingerprint density at radius 2 is 2.17 bits per heavy atom. The van der Waals surface area contributed by atoms with Crippen molar-refractivity contribution in [2.45, 2.75) is 11.5 Å². The van der Waals surface area contributed by atoms with Gasteiger partial charge in [0.15, 0.2) is 5.76 Å². The second-order valence-corrected chi connectivity index (χ2v) is 6.65. The van der Waals surface area contributed by atoms with Crippen molar-refractivity contribution >= 4 is 15.9 Å². The van der Waals surface area contributed by atoms with Crippen molar-refractivity contribution < 1.29 is 22.2 Å². The molecule has 8 nitrogen and oxygen atoms in total. The van der Waals surface area contributed by atoms with Crippen LogP contribution in [0.2, 0.25) is 0 Å². The highest BCUT2D eigenvalue weighted by Gasteiger charge is 2.25. The van der Waals surface area contributed by atoms with Crippen molar-refractivity contribution in [1.82, 2.24) is 14.8 Å². The lowest BCUT2D eigenvalue weighted by molar-refractivity contribution is -0.116. The van der Waals surface area contributed by atoms with Crippen molar-refractivity contribution in [2.75, 3.05) is 20.1 Å². The molecule has 2 heterocycles. The Bertz CT molecular complexity index is 764. The van der Waals surface area contributed by atoms with E-state index in [1.165, 1.54) is 25.4 Å². The van der Waals surface area contributed by atoms with Crippen LogP contribution in [0.3, 0.4) is 0 Å². The number of rotatable bonds is 8. The summed E-state index contributed by atoms with van der Waals surface area (Å²) in [7, 11) is -2.30. The molecule has 1 amide bonds. The largest absolute Gasteiger partial charge is 0.440 e. The summed E-state index contributed by atoms with van der Waals surface area (Å²) in [6.45, 7) is 3.92. The molecule has 124 valence electrons. The first-order chi connectivity index (χ1) is 10.9. The van der Waals surface area contributed by atoms with Gasteiger partial charge in [-0.05, 0) is 24.6 Å². The highest BCUT2D eigenvalue weighted by atomic mass is 32.2. The lowest BCUT2D eigenvalue weighted by Gasteiger charge is -2.15. The van der Waals surface area contributed by atoms with E-state index in [1.807, 2.05) is 0 Å². The summed E-state index contributed by atoms with van der Waals surface area (Å²) < 4.78 is 36.2. The van der Waals surface area contributed by atoms with Gasteiger partial charge in [0, 0.05) is 26.2 Å². The molecule has 9 heteroatoms. The van der Waals surface area contributed by atoms with Crippen LogP contribution in [0.1, 0.15) is 6.42 Å². The summed E-state index contributed by atoms with van der Waals surface area (Å²) in [6.07, 6.45) is 3.06. The summed E-state index contributed by atoms with van der Waals surface area (Å²) in [5.41, 5.74) is 0. The Kier molecular flexibility index (Phi) is 5.35. The maximum absolute atomic E-state index is 12.4. The van der Waals surface area contributed by atoms with Gasteiger partial charge in [-0.3, -0.25) is 4.79 Å². The molecule has 2 rings (SSSR count). The fraction of sp³-hybridized carbons (Fsp3) is 0.286.